The van der Waals surface area contributed by atoms with Crippen molar-refractivity contribution in [2.45, 2.75) is 0 Å². The molecule has 82 valence electrons. The molecule has 2 aromatic rings. The Bertz CT molecular complexity index is 519. The highest BCUT2D eigenvalue weighted by atomic mass is 79.9. The van der Waals surface area contributed by atoms with E-state index in [2.05, 4.69) is 26.2 Å². The third kappa shape index (κ3) is 2.51. The second kappa shape index (κ2) is 4.80. The average molecular weight is 302 g/mol. The number of pyridine rings is 1. The fraction of sp³-hybridized carbons (Fsp3) is 0. The van der Waals surface area contributed by atoms with Gasteiger partial charge in [-0.3, -0.25) is 4.98 Å². The van der Waals surface area contributed by atoms with Crippen LogP contribution in [0.1, 0.15) is 0 Å². The van der Waals surface area contributed by atoms with Crippen LogP contribution < -0.4 is 5.32 Å². The molecule has 0 aliphatic rings. The Kier molecular flexibility index (Phi) is 3.41. The van der Waals surface area contributed by atoms with Gasteiger partial charge in [0.05, 0.1) is 22.6 Å². The van der Waals surface area contributed by atoms with Crippen molar-refractivity contribution < 1.29 is 4.39 Å². The molecule has 0 aliphatic heterocycles. The first-order valence-corrected chi connectivity index (χ1v) is 5.65. The van der Waals surface area contributed by atoms with Crippen LogP contribution >= 0.6 is 27.5 Å². The largest absolute Gasteiger partial charge is 0.352 e. The molecule has 1 N–H and O–H groups in total. The molecule has 16 heavy (non-hydrogen) atoms. The van der Waals surface area contributed by atoms with Crippen molar-refractivity contribution in [2.24, 2.45) is 0 Å². The van der Waals surface area contributed by atoms with Crippen LogP contribution in [0.15, 0.2) is 41.1 Å². The van der Waals surface area contributed by atoms with Gasteiger partial charge < -0.3 is 5.32 Å². The van der Waals surface area contributed by atoms with Gasteiger partial charge in [-0.25, -0.2) is 4.39 Å². The maximum absolute atomic E-state index is 13.6. The summed E-state index contributed by atoms with van der Waals surface area (Å²) in [5, 5.41) is 2.99. The molecule has 0 aliphatic carbocycles. The molecule has 1 aromatic heterocycles. The molecule has 2 nitrogen and oxygen atoms in total. The van der Waals surface area contributed by atoms with Gasteiger partial charge >= 0.3 is 0 Å². The topological polar surface area (TPSA) is 24.9 Å². The smallest absolute Gasteiger partial charge is 0.165 e. The molecular weight excluding hydrogens is 294 g/mol. The van der Waals surface area contributed by atoms with E-state index in [1.54, 1.807) is 30.6 Å². The van der Waals surface area contributed by atoms with Crippen LogP contribution in [0.25, 0.3) is 0 Å². The SMILES string of the molecule is Fc1c(Cl)cccc1Nc1cncc(Br)c1. The highest BCUT2D eigenvalue weighted by Gasteiger charge is 2.06. The van der Waals surface area contributed by atoms with Crippen LogP contribution in [0.5, 0.6) is 0 Å². The Morgan fingerprint density at radius 3 is 2.88 bits per heavy atom. The summed E-state index contributed by atoms with van der Waals surface area (Å²) in [4.78, 5) is 3.97. The Balaban J connectivity index is 2.31. The van der Waals surface area contributed by atoms with E-state index in [-0.39, 0.29) is 5.02 Å². The van der Waals surface area contributed by atoms with Crippen molar-refractivity contribution >= 4 is 38.9 Å². The second-order valence-electron chi connectivity index (χ2n) is 3.12. The second-order valence-corrected chi connectivity index (χ2v) is 4.44. The van der Waals surface area contributed by atoms with Crippen LogP contribution in [0.3, 0.4) is 0 Å². The summed E-state index contributed by atoms with van der Waals surface area (Å²) in [7, 11) is 0. The quantitative estimate of drug-likeness (QED) is 0.890. The van der Waals surface area contributed by atoms with Gasteiger partial charge in [-0.2, -0.15) is 0 Å². The highest BCUT2D eigenvalue weighted by molar-refractivity contribution is 9.10. The van der Waals surface area contributed by atoms with Gasteiger partial charge in [0.25, 0.3) is 0 Å². The predicted molar refractivity (Wildman–Crippen MR) is 66.6 cm³/mol. The summed E-state index contributed by atoms with van der Waals surface area (Å²) in [6.45, 7) is 0. The zero-order chi connectivity index (χ0) is 11.5. The van der Waals surface area contributed by atoms with E-state index in [1.807, 2.05) is 0 Å². The molecule has 5 heteroatoms. The molecule has 2 rings (SSSR count). The predicted octanol–water partition coefficient (Wildman–Crippen LogP) is 4.38. The number of nitrogens with zero attached hydrogens (tertiary/aromatic N) is 1. The van der Waals surface area contributed by atoms with E-state index in [4.69, 9.17) is 11.6 Å². The molecule has 0 fully saturated rings. The zero-order valence-corrected chi connectivity index (χ0v) is 10.4. The maximum atomic E-state index is 13.6. The number of rotatable bonds is 2. The zero-order valence-electron chi connectivity index (χ0n) is 8.05. The summed E-state index contributed by atoms with van der Waals surface area (Å²) >= 11 is 8.96. The molecule has 1 heterocycles. The van der Waals surface area contributed by atoms with Gasteiger partial charge in [-0.05, 0) is 34.1 Å². The van der Waals surface area contributed by atoms with Gasteiger partial charge in [-0.1, -0.05) is 17.7 Å². The lowest BCUT2D eigenvalue weighted by Crippen LogP contribution is -1.94. The minimum absolute atomic E-state index is 0.0907. The number of halogens is 3. The highest BCUT2D eigenvalue weighted by Crippen LogP contribution is 2.25. The Morgan fingerprint density at radius 1 is 1.31 bits per heavy atom. The lowest BCUT2D eigenvalue weighted by atomic mass is 10.3. The number of hydrogen-bond donors (Lipinski definition) is 1. The Hall–Kier alpha value is -1.13. The van der Waals surface area contributed by atoms with Crippen LogP contribution in [0.4, 0.5) is 15.8 Å². The minimum Gasteiger partial charge on any atom is -0.352 e. The fourth-order valence-electron chi connectivity index (χ4n) is 1.24. The van der Waals surface area contributed by atoms with E-state index in [1.165, 1.54) is 6.07 Å². The minimum atomic E-state index is -0.468. The number of hydrogen-bond acceptors (Lipinski definition) is 2. The first kappa shape index (κ1) is 11.4. The van der Waals surface area contributed by atoms with E-state index >= 15 is 0 Å². The Morgan fingerprint density at radius 2 is 2.12 bits per heavy atom. The number of anilines is 2. The first-order chi connectivity index (χ1) is 7.66. The number of benzene rings is 1. The van der Waals surface area contributed by atoms with Crippen LogP contribution in [0.2, 0.25) is 5.02 Å². The molecule has 0 spiro atoms. The van der Waals surface area contributed by atoms with Crippen molar-refractivity contribution in [2.75, 3.05) is 5.32 Å². The van der Waals surface area contributed by atoms with Crippen LogP contribution in [-0.4, -0.2) is 4.98 Å². The third-order valence-electron chi connectivity index (χ3n) is 1.94. The lowest BCUT2D eigenvalue weighted by molar-refractivity contribution is 0.632. The maximum Gasteiger partial charge on any atom is 0.165 e. The van der Waals surface area contributed by atoms with Crippen LogP contribution in [-0.2, 0) is 0 Å². The monoisotopic (exact) mass is 300 g/mol. The van der Waals surface area contributed by atoms with Gasteiger partial charge in [0, 0.05) is 10.7 Å². The first-order valence-electron chi connectivity index (χ1n) is 4.48. The Labute approximate surface area is 106 Å². The van der Waals surface area contributed by atoms with Crippen molar-refractivity contribution in [1.82, 2.24) is 4.98 Å². The van der Waals surface area contributed by atoms with Crippen LogP contribution in [0, 0.1) is 5.82 Å². The molecule has 0 amide bonds. The summed E-state index contributed by atoms with van der Waals surface area (Å²) in [5.41, 5.74) is 1.02. The van der Waals surface area contributed by atoms with Gasteiger partial charge in [0.2, 0.25) is 0 Å². The number of nitrogens with one attached hydrogen (secondary N) is 1. The molecule has 1 aromatic carbocycles. The van der Waals surface area contributed by atoms with E-state index in [0.29, 0.717) is 11.4 Å². The third-order valence-corrected chi connectivity index (χ3v) is 2.66. The molecule has 0 radical (unpaired) electrons. The normalized spacial score (nSPS) is 10.2. The fourth-order valence-corrected chi connectivity index (χ4v) is 1.78. The molecule has 0 saturated heterocycles. The van der Waals surface area contributed by atoms with E-state index in [0.717, 1.165) is 4.47 Å². The summed E-state index contributed by atoms with van der Waals surface area (Å²) in [6, 6.07) is 6.59. The van der Waals surface area contributed by atoms with E-state index in [9.17, 15) is 4.39 Å². The summed E-state index contributed by atoms with van der Waals surface area (Å²) < 4.78 is 14.4. The number of aromatic nitrogens is 1. The molecule has 0 unspecified atom stereocenters. The molecular formula is C11H7BrClFN2. The molecule has 0 atom stereocenters. The van der Waals surface area contributed by atoms with E-state index < -0.39 is 5.82 Å². The van der Waals surface area contributed by atoms with Gasteiger partial charge in [0.15, 0.2) is 5.82 Å². The average Bonchev–Trinajstić information content (AvgIpc) is 2.25. The van der Waals surface area contributed by atoms with Crippen molar-refractivity contribution in [3.05, 3.63) is 52.0 Å². The standard InChI is InChI=1S/C11H7BrClFN2/c12-7-4-8(6-15-5-7)16-10-3-1-2-9(13)11(10)14/h1-6,16H. The molecule has 0 bridgehead atoms. The van der Waals surface area contributed by atoms with Crippen molar-refractivity contribution in [1.29, 1.82) is 0 Å². The van der Waals surface area contributed by atoms with Gasteiger partial charge in [0.1, 0.15) is 0 Å². The van der Waals surface area contributed by atoms with Crippen molar-refractivity contribution in [3.8, 4) is 0 Å². The summed E-state index contributed by atoms with van der Waals surface area (Å²) in [6.07, 6.45) is 3.25. The van der Waals surface area contributed by atoms with Gasteiger partial charge in [-0.15, -0.1) is 0 Å². The summed E-state index contributed by atoms with van der Waals surface area (Å²) in [5.74, 6) is -0.468. The van der Waals surface area contributed by atoms with Crippen molar-refractivity contribution in [3.63, 3.8) is 0 Å². The lowest BCUT2D eigenvalue weighted by Gasteiger charge is -2.07. The molecule has 0 saturated carbocycles.